The smallest absolute Gasteiger partial charge is 0.0254 e. The number of hydrogen-bond donors (Lipinski definition) is 0. The van der Waals surface area contributed by atoms with Crippen molar-refractivity contribution in [2.45, 2.75) is 0 Å². The van der Waals surface area contributed by atoms with E-state index in [2.05, 4.69) is 112 Å². The first-order valence-electron chi connectivity index (χ1n) is 7.23. The number of halogens is 4. The number of benzene rings is 4. The van der Waals surface area contributed by atoms with E-state index in [4.69, 9.17) is 0 Å². The van der Waals surface area contributed by atoms with Crippen LogP contribution in [0.5, 0.6) is 0 Å². The first-order chi connectivity index (χ1) is 11.6. The van der Waals surface area contributed by atoms with Gasteiger partial charge < -0.3 is 0 Å². The van der Waals surface area contributed by atoms with Crippen molar-refractivity contribution in [1.29, 1.82) is 0 Å². The highest BCUT2D eigenvalue weighted by Crippen LogP contribution is 2.29. The van der Waals surface area contributed by atoms with Crippen LogP contribution in [0.25, 0.3) is 21.5 Å². The SMILES string of the molecule is Brc1cccc2c(Br)cccc12.Brc1cccc2c(Br)cccc12. The first-order valence-corrected chi connectivity index (χ1v) is 10.4. The standard InChI is InChI=1S/2C10H6Br2/c2*11-9-5-1-3-7-8(9)4-2-6-10(7)12/h2*1-6H. The molecule has 0 nitrogen and oxygen atoms in total. The second-order valence-corrected chi connectivity index (χ2v) is 8.57. The van der Waals surface area contributed by atoms with Gasteiger partial charge in [0.15, 0.2) is 0 Å². The maximum atomic E-state index is 3.51. The summed E-state index contributed by atoms with van der Waals surface area (Å²) >= 11 is 14.0. The van der Waals surface area contributed by atoms with Gasteiger partial charge in [0, 0.05) is 17.9 Å². The van der Waals surface area contributed by atoms with E-state index in [1.807, 2.05) is 24.3 Å². The van der Waals surface area contributed by atoms with Crippen molar-refractivity contribution in [2.75, 3.05) is 0 Å². The Morgan fingerprint density at radius 2 is 0.542 bits per heavy atom. The molecule has 4 aromatic rings. The molecule has 0 atom stereocenters. The Labute approximate surface area is 174 Å². The van der Waals surface area contributed by atoms with Crippen LogP contribution in [0.15, 0.2) is 90.7 Å². The molecule has 0 amide bonds. The Hall–Kier alpha value is -0.680. The Morgan fingerprint density at radius 1 is 0.333 bits per heavy atom. The Balaban J connectivity index is 0.000000141. The lowest BCUT2D eigenvalue weighted by Crippen LogP contribution is -1.74. The van der Waals surface area contributed by atoms with Crippen molar-refractivity contribution in [3.05, 3.63) is 90.7 Å². The summed E-state index contributed by atoms with van der Waals surface area (Å²) in [5, 5.41) is 4.97. The zero-order valence-electron chi connectivity index (χ0n) is 12.4. The maximum absolute atomic E-state index is 3.51. The second kappa shape index (κ2) is 8.13. The Bertz CT molecular complexity index is 843. The molecule has 0 aromatic heterocycles. The van der Waals surface area contributed by atoms with Crippen LogP contribution in [0.1, 0.15) is 0 Å². The maximum Gasteiger partial charge on any atom is 0.0254 e. The molecule has 0 saturated carbocycles. The number of fused-ring (bicyclic) bond motifs is 2. The largest absolute Gasteiger partial charge is 0.0605 e. The van der Waals surface area contributed by atoms with Crippen LogP contribution < -0.4 is 0 Å². The second-order valence-electron chi connectivity index (χ2n) is 5.15. The van der Waals surface area contributed by atoms with E-state index in [0.29, 0.717) is 0 Å². The van der Waals surface area contributed by atoms with Crippen LogP contribution in [0.4, 0.5) is 0 Å². The normalized spacial score (nSPS) is 10.5. The average molecular weight is 572 g/mol. The summed E-state index contributed by atoms with van der Waals surface area (Å²) in [6.45, 7) is 0. The van der Waals surface area contributed by atoms with Gasteiger partial charge in [-0.3, -0.25) is 0 Å². The van der Waals surface area contributed by atoms with Crippen LogP contribution in [0.2, 0.25) is 0 Å². The van der Waals surface area contributed by atoms with E-state index < -0.39 is 0 Å². The third kappa shape index (κ3) is 3.93. The summed E-state index contributed by atoms with van der Waals surface area (Å²) in [5.74, 6) is 0. The van der Waals surface area contributed by atoms with Gasteiger partial charge in [0.05, 0.1) is 0 Å². The van der Waals surface area contributed by atoms with E-state index in [0.717, 1.165) is 17.9 Å². The molecular formula is C20H12Br4. The number of hydrogen-bond acceptors (Lipinski definition) is 0. The van der Waals surface area contributed by atoms with Crippen LogP contribution in [-0.2, 0) is 0 Å². The summed E-state index contributed by atoms with van der Waals surface area (Å²) in [7, 11) is 0. The van der Waals surface area contributed by atoms with Gasteiger partial charge in [-0.1, -0.05) is 112 Å². The van der Waals surface area contributed by atoms with Gasteiger partial charge in [-0.15, -0.1) is 0 Å². The molecule has 120 valence electrons. The molecule has 4 rings (SSSR count). The van der Waals surface area contributed by atoms with E-state index in [-0.39, 0.29) is 0 Å². The lowest BCUT2D eigenvalue weighted by Gasteiger charge is -2.01. The third-order valence-electron chi connectivity index (χ3n) is 3.63. The van der Waals surface area contributed by atoms with Crippen LogP contribution in [0.3, 0.4) is 0 Å². The molecule has 0 N–H and O–H groups in total. The highest BCUT2D eigenvalue weighted by molar-refractivity contribution is 9.11. The fourth-order valence-electron chi connectivity index (χ4n) is 2.47. The molecular weight excluding hydrogens is 560 g/mol. The summed E-state index contributed by atoms with van der Waals surface area (Å²) in [6.07, 6.45) is 0. The molecule has 0 aliphatic carbocycles. The molecule has 0 unspecified atom stereocenters. The van der Waals surface area contributed by atoms with Crippen LogP contribution in [-0.4, -0.2) is 0 Å². The summed E-state index contributed by atoms with van der Waals surface area (Å²) < 4.78 is 4.56. The van der Waals surface area contributed by atoms with Crippen molar-refractivity contribution in [2.24, 2.45) is 0 Å². The highest BCUT2D eigenvalue weighted by atomic mass is 79.9. The highest BCUT2D eigenvalue weighted by Gasteiger charge is 2.00. The van der Waals surface area contributed by atoms with E-state index in [1.165, 1.54) is 21.5 Å². The fourth-order valence-corrected chi connectivity index (χ4v) is 4.46. The van der Waals surface area contributed by atoms with Crippen molar-refractivity contribution in [1.82, 2.24) is 0 Å². The molecule has 0 bridgehead atoms. The summed E-state index contributed by atoms with van der Waals surface area (Å²) in [5.41, 5.74) is 0. The van der Waals surface area contributed by atoms with Crippen molar-refractivity contribution in [3.8, 4) is 0 Å². The predicted octanol–water partition coefficient (Wildman–Crippen LogP) is 8.73. The Morgan fingerprint density at radius 3 is 0.750 bits per heavy atom. The van der Waals surface area contributed by atoms with Crippen LogP contribution >= 0.6 is 63.7 Å². The minimum Gasteiger partial charge on any atom is -0.0605 e. The minimum absolute atomic E-state index is 1.14. The van der Waals surface area contributed by atoms with Gasteiger partial charge in [0.25, 0.3) is 0 Å². The molecule has 0 spiro atoms. The van der Waals surface area contributed by atoms with Crippen molar-refractivity contribution < 1.29 is 0 Å². The van der Waals surface area contributed by atoms with Gasteiger partial charge >= 0.3 is 0 Å². The van der Waals surface area contributed by atoms with Crippen LogP contribution in [0, 0.1) is 0 Å². The molecule has 4 heteroatoms. The van der Waals surface area contributed by atoms with Gasteiger partial charge in [-0.2, -0.15) is 0 Å². The van der Waals surface area contributed by atoms with Gasteiger partial charge in [0.1, 0.15) is 0 Å². The molecule has 0 aliphatic heterocycles. The topological polar surface area (TPSA) is 0 Å². The monoisotopic (exact) mass is 568 g/mol. The predicted molar refractivity (Wildman–Crippen MR) is 119 cm³/mol. The zero-order chi connectivity index (χ0) is 17.1. The third-order valence-corrected chi connectivity index (χ3v) is 6.40. The lowest BCUT2D eigenvalue weighted by molar-refractivity contribution is 1.68. The molecule has 4 aromatic carbocycles. The average Bonchev–Trinajstić information content (AvgIpc) is 2.58. The molecule has 24 heavy (non-hydrogen) atoms. The van der Waals surface area contributed by atoms with E-state index in [1.54, 1.807) is 0 Å². The zero-order valence-corrected chi connectivity index (χ0v) is 18.8. The van der Waals surface area contributed by atoms with Gasteiger partial charge in [-0.25, -0.2) is 0 Å². The molecule has 0 fully saturated rings. The quantitative estimate of drug-likeness (QED) is 0.198. The number of rotatable bonds is 0. The van der Waals surface area contributed by atoms with Gasteiger partial charge in [-0.05, 0) is 45.8 Å². The van der Waals surface area contributed by atoms with E-state index in [9.17, 15) is 0 Å². The van der Waals surface area contributed by atoms with E-state index >= 15 is 0 Å². The molecule has 0 aliphatic rings. The van der Waals surface area contributed by atoms with Crippen molar-refractivity contribution in [3.63, 3.8) is 0 Å². The molecule has 0 saturated heterocycles. The first kappa shape index (κ1) is 18.1. The summed E-state index contributed by atoms with van der Waals surface area (Å²) in [4.78, 5) is 0. The molecule has 0 radical (unpaired) electrons. The lowest BCUT2D eigenvalue weighted by atomic mass is 10.1. The minimum atomic E-state index is 1.14. The molecule has 0 heterocycles. The van der Waals surface area contributed by atoms with Gasteiger partial charge in [0.2, 0.25) is 0 Å². The summed E-state index contributed by atoms with van der Waals surface area (Å²) in [6, 6.07) is 24.8. The fraction of sp³-hybridized carbons (Fsp3) is 0. The van der Waals surface area contributed by atoms with Crippen molar-refractivity contribution >= 4 is 85.3 Å². The Kier molecular flexibility index (Phi) is 6.14.